The second-order valence-electron chi connectivity index (χ2n) is 7.48. The number of halogens is 1. The Morgan fingerprint density at radius 3 is 2.90 bits per heavy atom. The van der Waals surface area contributed by atoms with Gasteiger partial charge in [-0.3, -0.25) is 5.10 Å². The summed E-state index contributed by atoms with van der Waals surface area (Å²) in [5.74, 6) is 1.43. The summed E-state index contributed by atoms with van der Waals surface area (Å²) in [6.45, 7) is 2.24. The van der Waals surface area contributed by atoms with Crippen molar-refractivity contribution in [3.63, 3.8) is 0 Å². The first kappa shape index (κ1) is 17.8. The molecule has 148 valence electrons. The normalized spacial score (nSPS) is 16.0. The number of aromatic nitrogens is 4. The van der Waals surface area contributed by atoms with E-state index in [2.05, 4.69) is 49.7 Å². The summed E-state index contributed by atoms with van der Waals surface area (Å²) in [6.07, 6.45) is 6.70. The number of anilines is 2. The molecule has 6 nitrogen and oxygen atoms in total. The van der Waals surface area contributed by atoms with E-state index in [-0.39, 0.29) is 5.83 Å². The molecule has 1 aromatic carbocycles. The summed E-state index contributed by atoms with van der Waals surface area (Å²) in [5.41, 5.74) is 3.77. The predicted molar refractivity (Wildman–Crippen MR) is 112 cm³/mol. The smallest absolute Gasteiger partial charge is 0.226 e. The van der Waals surface area contributed by atoms with Crippen LogP contribution in [0.15, 0.2) is 53.9 Å². The summed E-state index contributed by atoms with van der Waals surface area (Å²) < 4.78 is 13.9. The maximum absolute atomic E-state index is 13.9. The molecule has 5 rings (SSSR count). The van der Waals surface area contributed by atoms with Crippen molar-refractivity contribution in [2.24, 2.45) is 0 Å². The molecule has 3 aromatic rings. The number of allylic oxidation sites excluding steroid dienone is 3. The molecular weight excluding hydrogens is 367 g/mol. The molecule has 2 aliphatic rings. The lowest BCUT2D eigenvalue weighted by Gasteiger charge is -2.28. The van der Waals surface area contributed by atoms with Crippen LogP contribution in [-0.4, -0.2) is 33.3 Å². The number of rotatable bonds is 6. The minimum Gasteiger partial charge on any atom is -0.354 e. The number of nitrogens with one attached hydrogen (secondary N) is 2. The molecule has 0 spiro atoms. The number of benzene rings is 1. The predicted octanol–water partition coefficient (Wildman–Crippen LogP) is 4.29. The molecule has 0 bridgehead atoms. The highest BCUT2D eigenvalue weighted by Gasteiger charge is 2.24. The van der Waals surface area contributed by atoms with E-state index >= 15 is 0 Å². The maximum Gasteiger partial charge on any atom is 0.226 e. The molecule has 2 N–H and O–H groups in total. The zero-order valence-corrected chi connectivity index (χ0v) is 16.2. The molecule has 0 atom stereocenters. The summed E-state index contributed by atoms with van der Waals surface area (Å²) in [6, 6.07) is 10.4. The fourth-order valence-corrected chi connectivity index (χ4v) is 3.98. The fraction of sp³-hybridized carbons (Fsp3) is 0.318. The molecule has 1 aliphatic heterocycles. The Bertz CT molecular complexity index is 1090. The zero-order valence-electron chi connectivity index (χ0n) is 16.2. The van der Waals surface area contributed by atoms with Crippen LogP contribution < -0.4 is 10.2 Å². The molecule has 0 saturated heterocycles. The van der Waals surface area contributed by atoms with Gasteiger partial charge in [-0.1, -0.05) is 42.5 Å². The summed E-state index contributed by atoms with van der Waals surface area (Å²) in [5, 5.41) is 11.7. The molecule has 29 heavy (non-hydrogen) atoms. The van der Waals surface area contributed by atoms with Crippen molar-refractivity contribution < 1.29 is 4.39 Å². The van der Waals surface area contributed by atoms with Crippen molar-refractivity contribution in [3.8, 4) is 0 Å². The molecule has 7 heteroatoms. The number of hydrogen-bond donors (Lipinski definition) is 2. The number of hydrogen-bond acceptors (Lipinski definition) is 5. The Morgan fingerprint density at radius 1 is 1.14 bits per heavy atom. The maximum atomic E-state index is 13.9. The minimum absolute atomic E-state index is 0.00765. The van der Waals surface area contributed by atoms with Gasteiger partial charge in [0.25, 0.3) is 0 Å². The van der Waals surface area contributed by atoms with Crippen LogP contribution in [0.3, 0.4) is 0 Å². The third-order valence-corrected chi connectivity index (χ3v) is 5.49. The first-order chi connectivity index (χ1) is 14.3. The second-order valence-corrected chi connectivity index (χ2v) is 7.48. The summed E-state index contributed by atoms with van der Waals surface area (Å²) >= 11 is 0. The van der Waals surface area contributed by atoms with Crippen molar-refractivity contribution in [1.29, 1.82) is 0 Å². The van der Waals surface area contributed by atoms with E-state index in [0.29, 0.717) is 31.0 Å². The van der Waals surface area contributed by atoms with E-state index in [4.69, 9.17) is 4.98 Å². The van der Waals surface area contributed by atoms with E-state index in [9.17, 15) is 4.39 Å². The molecular formula is C22H23FN6. The molecule has 2 aromatic heterocycles. The lowest BCUT2D eigenvalue weighted by atomic mass is 10.0. The number of nitrogens with zero attached hydrogens (tertiary/aromatic N) is 4. The lowest BCUT2D eigenvalue weighted by molar-refractivity contribution is 0.572. The van der Waals surface area contributed by atoms with E-state index < -0.39 is 0 Å². The average molecular weight is 390 g/mol. The Hall–Kier alpha value is -3.22. The first-order valence-corrected chi connectivity index (χ1v) is 10.1. The van der Waals surface area contributed by atoms with Gasteiger partial charge < -0.3 is 10.2 Å². The fourth-order valence-electron chi connectivity index (χ4n) is 3.98. The van der Waals surface area contributed by atoms with Crippen LogP contribution in [0.2, 0.25) is 0 Å². The van der Waals surface area contributed by atoms with E-state index in [0.717, 1.165) is 48.4 Å². The van der Waals surface area contributed by atoms with Gasteiger partial charge in [0.05, 0.1) is 11.1 Å². The summed E-state index contributed by atoms with van der Waals surface area (Å²) in [4.78, 5) is 11.6. The molecule has 0 unspecified atom stereocenters. The van der Waals surface area contributed by atoms with E-state index in [1.54, 1.807) is 0 Å². The van der Waals surface area contributed by atoms with Crippen molar-refractivity contribution in [2.45, 2.75) is 32.2 Å². The van der Waals surface area contributed by atoms with Crippen LogP contribution in [0.5, 0.6) is 0 Å². The van der Waals surface area contributed by atoms with Crippen LogP contribution in [-0.2, 0) is 13.0 Å². The van der Waals surface area contributed by atoms with Gasteiger partial charge in [0, 0.05) is 32.5 Å². The van der Waals surface area contributed by atoms with Gasteiger partial charge in [0.2, 0.25) is 5.95 Å². The third kappa shape index (κ3) is 3.60. The van der Waals surface area contributed by atoms with Gasteiger partial charge in [-0.2, -0.15) is 15.1 Å². The quantitative estimate of drug-likeness (QED) is 0.657. The van der Waals surface area contributed by atoms with Crippen molar-refractivity contribution in [2.75, 3.05) is 23.3 Å². The van der Waals surface area contributed by atoms with Crippen LogP contribution in [0.25, 0.3) is 11.0 Å². The first-order valence-electron chi connectivity index (χ1n) is 10.1. The monoisotopic (exact) mass is 390 g/mol. The lowest BCUT2D eigenvalue weighted by Crippen LogP contribution is -2.29. The van der Waals surface area contributed by atoms with E-state index in [1.165, 1.54) is 5.56 Å². The highest BCUT2D eigenvalue weighted by atomic mass is 19.1. The number of H-pyrrole nitrogens is 1. The Balaban J connectivity index is 1.38. The highest BCUT2D eigenvalue weighted by molar-refractivity contribution is 5.91. The van der Waals surface area contributed by atoms with Crippen molar-refractivity contribution in [1.82, 2.24) is 20.2 Å². The molecule has 1 aliphatic carbocycles. The van der Waals surface area contributed by atoms with Gasteiger partial charge in [-0.15, -0.1) is 0 Å². The van der Waals surface area contributed by atoms with Gasteiger partial charge >= 0.3 is 0 Å². The van der Waals surface area contributed by atoms with Gasteiger partial charge in [0.1, 0.15) is 11.6 Å². The molecule has 0 saturated carbocycles. The third-order valence-electron chi connectivity index (χ3n) is 5.49. The Kier molecular flexibility index (Phi) is 4.71. The molecule has 3 heterocycles. The van der Waals surface area contributed by atoms with Crippen molar-refractivity contribution >= 4 is 22.8 Å². The SMILES string of the molecule is FC1=C(CCNc2nc3c4c([nH]nc4n2)CCN3Cc2ccccc2)C=CCC1. The highest BCUT2D eigenvalue weighted by Crippen LogP contribution is 2.32. The van der Waals surface area contributed by atoms with Crippen molar-refractivity contribution in [3.05, 3.63) is 65.1 Å². The van der Waals surface area contributed by atoms with Gasteiger partial charge in [0.15, 0.2) is 5.65 Å². The second kappa shape index (κ2) is 7.66. The number of aromatic amines is 1. The molecule has 0 fully saturated rings. The minimum atomic E-state index is -0.00765. The van der Waals surface area contributed by atoms with Gasteiger partial charge in [-0.05, 0) is 24.0 Å². The topological polar surface area (TPSA) is 69.7 Å². The standard InChI is InChI=1S/C22H23FN6/c23-17-9-5-4-8-16(17)10-12-24-22-25-20-19-18(27-28-20)11-13-29(21(19)26-22)14-15-6-2-1-3-7-15/h1-4,6-8H,5,9-14H2,(H2,24,25,26,27,28). The summed E-state index contributed by atoms with van der Waals surface area (Å²) in [7, 11) is 0. The van der Waals surface area contributed by atoms with Crippen LogP contribution in [0.1, 0.15) is 30.5 Å². The molecule has 0 radical (unpaired) electrons. The van der Waals surface area contributed by atoms with Crippen LogP contribution >= 0.6 is 0 Å². The molecule has 0 amide bonds. The Labute approximate surface area is 168 Å². The zero-order chi connectivity index (χ0) is 19.6. The van der Waals surface area contributed by atoms with Crippen LogP contribution in [0.4, 0.5) is 16.2 Å². The Morgan fingerprint density at radius 2 is 2.03 bits per heavy atom. The van der Waals surface area contributed by atoms with Gasteiger partial charge in [-0.25, -0.2) is 4.39 Å². The largest absolute Gasteiger partial charge is 0.354 e. The van der Waals surface area contributed by atoms with E-state index in [1.807, 2.05) is 18.2 Å². The van der Waals surface area contributed by atoms with Crippen LogP contribution in [0, 0.1) is 0 Å². The average Bonchev–Trinajstić information content (AvgIpc) is 3.16.